The van der Waals surface area contributed by atoms with Crippen LogP contribution in [0.25, 0.3) is 0 Å². The van der Waals surface area contributed by atoms with Gasteiger partial charge in [-0.1, -0.05) is 6.92 Å². The van der Waals surface area contributed by atoms with Crippen LogP contribution in [0.4, 0.5) is 11.5 Å². The molecule has 1 unspecified atom stereocenters. The predicted octanol–water partition coefficient (Wildman–Crippen LogP) is 2.39. The molecular weight excluding hydrogens is 262 g/mol. The van der Waals surface area contributed by atoms with E-state index in [2.05, 4.69) is 28.9 Å². The molecule has 0 bridgehead atoms. The third-order valence-electron chi connectivity index (χ3n) is 2.60. The number of thioether (sulfide) groups is 1. The summed E-state index contributed by atoms with van der Waals surface area (Å²) in [5.74, 6) is 2.28. The Morgan fingerprint density at radius 2 is 2.32 bits per heavy atom. The van der Waals surface area contributed by atoms with E-state index in [4.69, 9.17) is 5.73 Å². The van der Waals surface area contributed by atoms with Crippen molar-refractivity contribution in [1.82, 2.24) is 4.98 Å². The van der Waals surface area contributed by atoms with Crippen molar-refractivity contribution >= 4 is 29.2 Å². The molecule has 0 aliphatic heterocycles. The molecule has 0 amide bonds. The lowest BCUT2D eigenvalue weighted by atomic mass is 10.2. The van der Waals surface area contributed by atoms with Crippen molar-refractivity contribution in [3.63, 3.8) is 0 Å². The van der Waals surface area contributed by atoms with Crippen molar-refractivity contribution in [3.05, 3.63) is 17.8 Å². The van der Waals surface area contributed by atoms with Gasteiger partial charge in [-0.2, -0.15) is 11.8 Å². The standard InChI is InChI=1S/C13H21N3O2S/c1-4-19-8-7-9(2)15-12-10(14)5-6-11(16-12)13(17)18-3/h5-6,9H,4,7-8,14H2,1-3H3,(H,15,16). The number of rotatable bonds is 7. The molecule has 3 N–H and O–H groups in total. The average molecular weight is 283 g/mol. The number of nitrogens with two attached hydrogens (primary N) is 1. The largest absolute Gasteiger partial charge is 0.464 e. The topological polar surface area (TPSA) is 77.2 Å². The minimum absolute atomic E-state index is 0.252. The summed E-state index contributed by atoms with van der Waals surface area (Å²) in [6, 6.07) is 3.47. The fourth-order valence-electron chi connectivity index (χ4n) is 1.51. The van der Waals surface area contributed by atoms with Crippen LogP contribution in [0.15, 0.2) is 12.1 Å². The number of nitrogens with one attached hydrogen (secondary N) is 1. The molecule has 106 valence electrons. The number of aromatic nitrogens is 1. The van der Waals surface area contributed by atoms with Crippen molar-refractivity contribution in [3.8, 4) is 0 Å². The number of anilines is 2. The van der Waals surface area contributed by atoms with Gasteiger partial charge in [-0.25, -0.2) is 9.78 Å². The van der Waals surface area contributed by atoms with Gasteiger partial charge in [-0.3, -0.25) is 0 Å². The molecule has 1 heterocycles. The molecule has 0 aliphatic carbocycles. The number of hydrogen-bond acceptors (Lipinski definition) is 6. The fraction of sp³-hybridized carbons (Fsp3) is 0.538. The Kier molecular flexibility index (Phi) is 6.49. The first-order valence-electron chi connectivity index (χ1n) is 6.27. The summed E-state index contributed by atoms with van der Waals surface area (Å²) in [7, 11) is 1.33. The number of nitrogen functional groups attached to an aromatic ring is 1. The molecule has 0 saturated carbocycles. The maximum absolute atomic E-state index is 11.4. The SMILES string of the molecule is CCSCCC(C)Nc1nc(C(=O)OC)ccc1N. The lowest BCUT2D eigenvalue weighted by Crippen LogP contribution is -2.19. The molecule has 0 fully saturated rings. The number of pyridine rings is 1. The predicted molar refractivity (Wildman–Crippen MR) is 80.7 cm³/mol. The molecular formula is C13H21N3O2S. The number of ether oxygens (including phenoxy) is 1. The molecule has 1 aromatic heterocycles. The second kappa shape index (κ2) is 7.89. The molecule has 0 spiro atoms. The number of carbonyl (C=O) groups is 1. The Morgan fingerprint density at radius 3 is 2.95 bits per heavy atom. The van der Waals surface area contributed by atoms with E-state index >= 15 is 0 Å². The third kappa shape index (κ3) is 4.98. The van der Waals surface area contributed by atoms with Gasteiger partial charge in [-0.15, -0.1) is 0 Å². The van der Waals surface area contributed by atoms with Crippen LogP contribution in [0.3, 0.4) is 0 Å². The number of methoxy groups -OCH3 is 1. The Labute approximate surface area is 118 Å². The first kappa shape index (κ1) is 15.6. The van der Waals surface area contributed by atoms with Gasteiger partial charge in [0.05, 0.1) is 12.8 Å². The molecule has 19 heavy (non-hydrogen) atoms. The van der Waals surface area contributed by atoms with Crippen LogP contribution in [-0.2, 0) is 4.74 Å². The normalized spacial score (nSPS) is 11.9. The summed E-state index contributed by atoms with van der Waals surface area (Å²) in [4.78, 5) is 15.6. The Morgan fingerprint density at radius 1 is 1.58 bits per heavy atom. The van der Waals surface area contributed by atoms with Crippen LogP contribution >= 0.6 is 11.8 Å². The summed E-state index contributed by atoms with van der Waals surface area (Å²) in [5, 5.41) is 3.23. The molecule has 1 rings (SSSR count). The first-order chi connectivity index (χ1) is 9.08. The second-order valence-electron chi connectivity index (χ2n) is 4.16. The van der Waals surface area contributed by atoms with Crippen LogP contribution in [0, 0.1) is 0 Å². The zero-order valence-corrected chi connectivity index (χ0v) is 12.4. The van der Waals surface area contributed by atoms with Crippen molar-refractivity contribution in [2.75, 3.05) is 29.7 Å². The molecule has 0 radical (unpaired) electrons. The maximum atomic E-state index is 11.4. The number of esters is 1. The van der Waals surface area contributed by atoms with E-state index in [9.17, 15) is 4.79 Å². The molecule has 0 aromatic carbocycles. The van der Waals surface area contributed by atoms with E-state index in [0.717, 1.165) is 17.9 Å². The highest BCUT2D eigenvalue weighted by molar-refractivity contribution is 7.99. The molecule has 1 aromatic rings. The molecule has 0 saturated heterocycles. The smallest absolute Gasteiger partial charge is 0.356 e. The summed E-state index contributed by atoms with van der Waals surface area (Å²) in [6.45, 7) is 4.21. The van der Waals surface area contributed by atoms with Gasteiger partial charge in [0.2, 0.25) is 0 Å². The van der Waals surface area contributed by atoms with E-state index in [1.807, 2.05) is 11.8 Å². The van der Waals surface area contributed by atoms with E-state index in [0.29, 0.717) is 11.5 Å². The van der Waals surface area contributed by atoms with Crippen molar-refractivity contribution in [2.45, 2.75) is 26.3 Å². The Balaban J connectivity index is 2.68. The van der Waals surface area contributed by atoms with Crippen molar-refractivity contribution in [2.24, 2.45) is 0 Å². The highest BCUT2D eigenvalue weighted by atomic mass is 32.2. The lowest BCUT2D eigenvalue weighted by Gasteiger charge is -2.16. The number of nitrogens with zero attached hydrogens (tertiary/aromatic N) is 1. The molecule has 5 nitrogen and oxygen atoms in total. The Bertz CT molecular complexity index is 426. The van der Waals surface area contributed by atoms with Gasteiger partial charge in [0.15, 0.2) is 5.69 Å². The maximum Gasteiger partial charge on any atom is 0.356 e. The first-order valence-corrected chi connectivity index (χ1v) is 7.43. The average Bonchev–Trinajstić information content (AvgIpc) is 2.40. The summed E-state index contributed by atoms with van der Waals surface area (Å²) in [5.41, 5.74) is 6.64. The van der Waals surface area contributed by atoms with Crippen molar-refractivity contribution < 1.29 is 9.53 Å². The van der Waals surface area contributed by atoms with E-state index in [1.54, 1.807) is 12.1 Å². The van der Waals surface area contributed by atoms with Gasteiger partial charge >= 0.3 is 5.97 Å². The summed E-state index contributed by atoms with van der Waals surface area (Å²) in [6.07, 6.45) is 1.02. The third-order valence-corrected chi connectivity index (χ3v) is 3.54. The summed E-state index contributed by atoms with van der Waals surface area (Å²) < 4.78 is 4.64. The quantitative estimate of drug-likeness (QED) is 0.591. The summed E-state index contributed by atoms with van der Waals surface area (Å²) >= 11 is 1.90. The second-order valence-corrected chi connectivity index (χ2v) is 5.55. The number of carbonyl (C=O) groups excluding carboxylic acids is 1. The van der Waals surface area contributed by atoms with Crippen LogP contribution in [0.2, 0.25) is 0 Å². The zero-order chi connectivity index (χ0) is 14.3. The molecule has 1 atom stereocenters. The van der Waals surface area contributed by atoms with Gasteiger partial charge in [0.25, 0.3) is 0 Å². The molecule has 6 heteroatoms. The van der Waals surface area contributed by atoms with E-state index in [1.165, 1.54) is 7.11 Å². The minimum Gasteiger partial charge on any atom is -0.464 e. The fourth-order valence-corrected chi connectivity index (χ4v) is 2.32. The highest BCUT2D eigenvalue weighted by Crippen LogP contribution is 2.18. The van der Waals surface area contributed by atoms with Gasteiger partial charge < -0.3 is 15.8 Å². The van der Waals surface area contributed by atoms with Crippen LogP contribution in [0.1, 0.15) is 30.8 Å². The van der Waals surface area contributed by atoms with Gasteiger partial charge in [0.1, 0.15) is 5.82 Å². The van der Waals surface area contributed by atoms with Crippen LogP contribution < -0.4 is 11.1 Å². The van der Waals surface area contributed by atoms with E-state index < -0.39 is 5.97 Å². The van der Waals surface area contributed by atoms with Gasteiger partial charge in [0, 0.05) is 6.04 Å². The minimum atomic E-state index is -0.461. The van der Waals surface area contributed by atoms with Crippen LogP contribution in [0.5, 0.6) is 0 Å². The Hall–Kier alpha value is -1.43. The zero-order valence-electron chi connectivity index (χ0n) is 11.6. The van der Waals surface area contributed by atoms with Crippen LogP contribution in [-0.4, -0.2) is 35.6 Å². The van der Waals surface area contributed by atoms with E-state index in [-0.39, 0.29) is 11.7 Å². The van der Waals surface area contributed by atoms with Crippen molar-refractivity contribution in [1.29, 1.82) is 0 Å². The van der Waals surface area contributed by atoms with Gasteiger partial charge in [-0.05, 0) is 37.0 Å². The lowest BCUT2D eigenvalue weighted by molar-refractivity contribution is 0.0594. The number of hydrogen-bond donors (Lipinski definition) is 2. The highest BCUT2D eigenvalue weighted by Gasteiger charge is 2.12. The molecule has 0 aliphatic rings. The monoisotopic (exact) mass is 283 g/mol.